The van der Waals surface area contributed by atoms with Crippen LogP contribution in [0.25, 0.3) is 10.8 Å². The molecule has 2 heteroatoms. The van der Waals surface area contributed by atoms with Crippen molar-refractivity contribution in [3.05, 3.63) is 35.9 Å². The molecule has 0 unspecified atom stereocenters. The molecule has 0 aliphatic rings. The summed E-state index contributed by atoms with van der Waals surface area (Å²) in [6.07, 6.45) is 3.85. The predicted octanol–water partition coefficient (Wildman–Crippen LogP) is 3.31. The largest absolute Gasteiger partial charge is 0.264 e. The lowest BCUT2D eigenvalue weighted by Crippen LogP contribution is -2.39. The molecule has 0 saturated carbocycles. The molecule has 2 nitrogen and oxygen atoms in total. The quantitative estimate of drug-likeness (QED) is 0.722. The Labute approximate surface area is 103 Å². The molecule has 0 bridgehead atoms. The van der Waals surface area contributed by atoms with Crippen molar-refractivity contribution in [2.45, 2.75) is 39.5 Å². The summed E-state index contributed by atoms with van der Waals surface area (Å²) in [5.41, 5.74) is 2.76. The molecule has 0 atom stereocenters. The molecule has 0 saturated heterocycles. The summed E-state index contributed by atoms with van der Waals surface area (Å²) in [7, 11) is 2.16. The van der Waals surface area contributed by atoms with E-state index in [1.807, 2.05) is 12.4 Å². The summed E-state index contributed by atoms with van der Waals surface area (Å²) in [5.74, 6) is 1.04. The third-order valence-corrected chi connectivity index (χ3v) is 3.32. The van der Waals surface area contributed by atoms with Crippen LogP contribution >= 0.6 is 0 Å². The van der Waals surface area contributed by atoms with E-state index < -0.39 is 0 Å². The van der Waals surface area contributed by atoms with E-state index in [2.05, 4.69) is 56.4 Å². The van der Waals surface area contributed by atoms with Crippen molar-refractivity contribution in [3.63, 3.8) is 0 Å². The Morgan fingerprint density at radius 3 is 2.41 bits per heavy atom. The van der Waals surface area contributed by atoms with Gasteiger partial charge in [-0.2, -0.15) is 0 Å². The van der Waals surface area contributed by atoms with Gasteiger partial charge >= 0.3 is 0 Å². The van der Waals surface area contributed by atoms with Gasteiger partial charge in [0.1, 0.15) is 7.05 Å². The van der Waals surface area contributed by atoms with Crippen molar-refractivity contribution < 1.29 is 4.57 Å². The standard InChI is InChI=1S/C15H21N2/c1-10(2)14-8-12-6-7-16-9-13(12)15(11(3)4)17(14)5/h6-11H,1-5H3/q+1. The predicted molar refractivity (Wildman–Crippen MR) is 71.1 cm³/mol. The molecule has 0 aliphatic heterocycles. The molecule has 2 aromatic rings. The fourth-order valence-electron chi connectivity index (χ4n) is 2.57. The van der Waals surface area contributed by atoms with E-state index in [0.29, 0.717) is 11.8 Å². The van der Waals surface area contributed by atoms with Crippen molar-refractivity contribution in [3.8, 4) is 0 Å². The van der Waals surface area contributed by atoms with E-state index >= 15 is 0 Å². The van der Waals surface area contributed by atoms with E-state index in [9.17, 15) is 0 Å². The zero-order chi connectivity index (χ0) is 12.6. The summed E-state index contributed by atoms with van der Waals surface area (Å²) in [5, 5.41) is 2.57. The van der Waals surface area contributed by atoms with Gasteiger partial charge in [-0.15, -0.1) is 0 Å². The van der Waals surface area contributed by atoms with Crippen LogP contribution in [-0.4, -0.2) is 4.98 Å². The van der Waals surface area contributed by atoms with E-state index in [4.69, 9.17) is 0 Å². The summed E-state index contributed by atoms with van der Waals surface area (Å²) in [6, 6.07) is 4.39. The van der Waals surface area contributed by atoms with Crippen molar-refractivity contribution in [2.24, 2.45) is 7.05 Å². The Hall–Kier alpha value is -1.44. The average molecular weight is 229 g/mol. The molecule has 2 heterocycles. The SMILES string of the molecule is CC(C)c1cc2ccncc2c(C(C)C)[n+]1C. The number of aromatic nitrogens is 2. The molecule has 0 aromatic carbocycles. The van der Waals surface area contributed by atoms with Crippen LogP contribution in [-0.2, 0) is 7.05 Å². The molecule has 17 heavy (non-hydrogen) atoms. The van der Waals surface area contributed by atoms with Gasteiger partial charge in [0.05, 0.1) is 5.39 Å². The Bertz CT molecular complexity index is 542. The summed E-state index contributed by atoms with van der Waals surface area (Å²) in [4.78, 5) is 4.26. The van der Waals surface area contributed by atoms with Crippen molar-refractivity contribution in [1.29, 1.82) is 0 Å². The van der Waals surface area contributed by atoms with Gasteiger partial charge in [-0.05, 0) is 11.5 Å². The highest BCUT2D eigenvalue weighted by Crippen LogP contribution is 2.24. The molecule has 0 amide bonds. The normalized spacial score (nSPS) is 11.7. The first kappa shape index (κ1) is 12.0. The van der Waals surface area contributed by atoms with Crippen LogP contribution in [0.2, 0.25) is 0 Å². The molecule has 2 aromatic heterocycles. The fourth-order valence-corrected chi connectivity index (χ4v) is 2.57. The van der Waals surface area contributed by atoms with Crippen LogP contribution in [0, 0.1) is 0 Å². The molecule has 0 spiro atoms. The van der Waals surface area contributed by atoms with Gasteiger partial charge in [0, 0.05) is 30.3 Å². The summed E-state index contributed by atoms with van der Waals surface area (Å²) < 4.78 is 2.33. The number of pyridine rings is 2. The Morgan fingerprint density at radius 2 is 1.82 bits per heavy atom. The first-order valence-electron chi connectivity index (χ1n) is 6.29. The lowest BCUT2D eigenvalue weighted by Gasteiger charge is -2.12. The summed E-state index contributed by atoms with van der Waals surface area (Å²) in [6.45, 7) is 8.97. The summed E-state index contributed by atoms with van der Waals surface area (Å²) >= 11 is 0. The van der Waals surface area contributed by atoms with Crippen LogP contribution < -0.4 is 4.57 Å². The van der Waals surface area contributed by atoms with Crippen molar-refractivity contribution in [1.82, 2.24) is 4.98 Å². The minimum Gasteiger partial charge on any atom is -0.264 e. The molecule has 2 rings (SSSR count). The molecular weight excluding hydrogens is 208 g/mol. The minimum absolute atomic E-state index is 0.505. The zero-order valence-electron chi connectivity index (χ0n) is 11.4. The van der Waals surface area contributed by atoms with E-state index in [-0.39, 0.29) is 0 Å². The maximum Gasteiger partial charge on any atom is 0.193 e. The van der Waals surface area contributed by atoms with Crippen LogP contribution in [0.15, 0.2) is 24.5 Å². The number of hydrogen-bond acceptors (Lipinski definition) is 1. The molecule has 0 aliphatic carbocycles. The molecule has 90 valence electrons. The van der Waals surface area contributed by atoms with Crippen molar-refractivity contribution in [2.75, 3.05) is 0 Å². The number of hydrogen-bond donors (Lipinski definition) is 0. The Balaban J connectivity index is 2.85. The molecule has 0 fully saturated rings. The first-order chi connectivity index (χ1) is 8.02. The highest BCUT2D eigenvalue weighted by molar-refractivity contribution is 5.83. The second kappa shape index (κ2) is 4.44. The maximum atomic E-state index is 4.26. The van der Waals surface area contributed by atoms with Gasteiger partial charge in [0.2, 0.25) is 0 Å². The maximum absolute atomic E-state index is 4.26. The highest BCUT2D eigenvalue weighted by atomic mass is 15.0. The monoisotopic (exact) mass is 229 g/mol. The zero-order valence-corrected chi connectivity index (χ0v) is 11.4. The third kappa shape index (κ3) is 2.04. The smallest absolute Gasteiger partial charge is 0.193 e. The molecular formula is C15H21N2+. The Morgan fingerprint density at radius 1 is 1.12 bits per heavy atom. The van der Waals surface area contributed by atoms with Gasteiger partial charge < -0.3 is 0 Å². The number of fused-ring (bicyclic) bond motifs is 1. The average Bonchev–Trinajstić information content (AvgIpc) is 2.27. The Kier molecular flexibility index (Phi) is 3.14. The second-order valence-electron chi connectivity index (χ2n) is 5.29. The van der Waals surface area contributed by atoms with Crippen LogP contribution in [0.1, 0.15) is 50.9 Å². The van der Waals surface area contributed by atoms with Gasteiger partial charge in [-0.1, -0.05) is 27.7 Å². The van der Waals surface area contributed by atoms with Gasteiger partial charge in [0.25, 0.3) is 0 Å². The van der Waals surface area contributed by atoms with Crippen LogP contribution in [0.3, 0.4) is 0 Å². The highest BCUT2D eigenvalue weighted by Gasteiger charge is 2.22. The second-order valence-corrected chi connectivity index (χ2v) is 5.29. The third-order valence-electron chi connectivity index (χ3n) is 3.32. The van der Waals surface area contributed by atoms with Crippen LogP contribution in [0.4, 0.5) is 0 Å². The van der Waals surface area contributed by atoms with Crippen molar-refractivity contribution >= 4 is 10.8 Å². The first-order valence-corrected chi connectivity index (χ1v) is 6.29. The molecule has 0 radical (unpaired) electrons. The lowest BCUT2D eigenvalue weighted by atomic mass is 9.99. The van der Waals surface area contributed by atoms with E-state index in [1.165, 1.54) is 22.2 Å². The lowest BCUT2D eigenvalue weighted by molar-refractivity contribution is -0.687. The van der Waals surface area contributed by atoms with Gasteiger partial charge in [-0.25, -0.2) is 4.57 Å². The topological polar surface area (TPSA) is 16.8 Å². The number of rotatable bonds is 2. The van der Waals surface area contributed by atoms with Crippen LogP contribution in [0.5, 0.6) is 0 Å². The number of nitrogens with zero attached hydrogens (tertiary/aromatic N) is 2. The van der Waals surface area contributed by atoms with Gasteiger partial charge in [0.15, 0.2) is 11.4 Å². The minimum atomic E-state index is 0.505. The van der Waals surface area contributed by atoms with E-state index in [1.54, 1.807) is 0 Å². The fraction of sp³-hybridized carbons (Fsp3) is 0.467. The van der Waals surface area contributed by atoms with E-state index in [0.717, 1.165) is 0 Å². The van der Waals surface area contributed by atoms with Gasteiger partial charge in [-0.3, -0.25) is 4.98 Å². The molecule has 0 N–H and O–H groups in total.